The number of hydrogen-bond donors (Lipinski definition) is 0. The summed E-state index contributed by atoms with van der Waals surface area (Å²) >= 11 is 3.45. The Kier molecular flexibility index (Phi) is 6.31. The zero-order valence-corrected chi connectivity index (χ0v) is 11.5. The van der Waals surface area contributed by atoms with Crippen molar-refractivity contribution in [1.82, 2.24) is 0 Å². The fraction of sp³-hybridized carbons (Fsp3) is 0.538. The van der Waals surface area contributed by atoms with Crippen LogP contribution in [0.4, 0.5) is 0 Å². The quantitative estimate of drug-likeness (QED) is 0.708. The molecule has 0 N–H and O–H groups in total. The van der Waals surface area contributed by atoms with Crippen molar-refractivity contribution in [3.63, 3.8) is 0 Å². The topological polar surface area (TPSA) is 18.5 Å². The highest BCUT2D eigenvalue weighted by molar-refractivity contribution is 9.09. The monoisotopic (exact) mass is 286 g/mol. The molecule has 0 radical (unpaired) electrons. The molecule has 0 fully saturated rings. The fourth-order valence-electron chi connectivity index (χ4n) is 1.40. The van der Waals surface area contributed by atoms with Gasteiger partial charge in [0.2, 0.25) is 0 Å². The Morgan fingerprint density at radius 3 is 2.69 bits per heavy atom. The maximum absolute atomic E-state index is 5.67. The van der Waals surface area contributed by atoms with Gasteiger partial charge in [0.1, 0.15) is 11.5 Å². The molecule has 0 aliphatic carbocycles. The van der Waals surface area contributed by atoms with E-state index in [9.17, 15) is 0 Å². The van der Waals surface area contributed by atoms with Crippen LogP contribution < -0.4 is 9.47 Å². The molecule has 3 heteroatoms. The summed E-state index contributed by atoms with van der Waals surface area (Å²) in [4.78, 5) is 0. The molecule has 1 atom stereocenters. The van der Waals surface area contributed by atoms with Gasteiger partial charge in [-0.2, -0.15) is 0 Å². The zero-order chi connectivity index (χ0) is 11.8. The van der Waals surface area contributed by atoms with E-state index in [1.165, 1.54) is 6.42 Å². The van der Waals surface area contributed by atoms with E-state index in [0.29, 0.717) is 5.92 Å². The number of rotatable bonds is 7. The summed E-state index contributed by atoms with van der Waals surface area (Å²) in [7, 11) is 1.66. The maximum atomic E-state index is 5.67. The van der Waals surface area contributed by atoms with Gasteiger partial charge in [-0.15, -0.1) is 0 Å². The minimum absolute atomic E-state index is 0.699. The van der Waals surface area contributed by atoms with Crippen molar-refractivity contribution in [3.8, 4) is 11.5 Å². The average Bonchev–Trinajstić information content (AvgIpc) is 2.30. The summed E-state index contributed by atoms with van der Waals surface area (Å²) in [5.41, 5.74) is 0. The van der Waals surface area contributed by atoms with Gasteiger partial charge in [0.25, 0.3) is 0 Å². The van der Waals surface area contributed by atoms with Gasteiger partial charge in [-0.3, -0.25) is 0 Å². The Labute approximate surface area is 106 Å². The Hall–Kier alpha value is -0.700. The molecule has 0 saturated carbocycles. The maximum Gasteiger partial charge on any atom is 0.122 e. The third-order valence-corrected chi connectivity index (χ3v) is 2.98. The van der Waals surface area contributed by atoms with Crippen LogP contribution in [-0.4, -0.2) is 19.0 Å². The molecule has 0 amide bonds. The molecule has 0 heterocycles. The lowest BCUT2D eigenvalue weighted by atomic mass is 10.1. The molecule has 1 aromatic carbocycles. The lowest BCUT2D eigenvalue weighted by Gasteiger charge is -2.11. The van der Waals surface area contributed by atoms with Gasteiger partial charge in [-0.05, 0) is 30.9 Å². The molecule has 0 aromatic heterocycles. The second-order valence-electron chi connectivity index (χ2n) is 3.90. The minimum atomic E-state index is 0.699. The van der Waals surface area contributed by atoms with Crippen LogP contribution >= 0.6 is 15.9 Å². The van der Waals surface area contributed by atoms with Crippen molar-refractivity contribution in [1.29, 1.82) is 0 Å². The average molecular weight is 287 g/mol. The van der Waals surface area contributed by atoms with E-state index < -0.39 is 0 Å². The van der Waals surface area contributed by atoms with E-state index >= 15 is 0 Å². The van der Waals surface area contributed by atoms with E-state index in [0.717, 1.165) is 29.9 Å². The van der Waals surface area contributed by atoms with Crippen molar-refractivity contribution >= 4 is 15.9 Å². The Morgan fingerprint density at radius 2 is 2.00 bits per heavy atom. The van der Waals surface area contributed by atoms with Gasteiger partial charge >= 0.3 is 0 Å². The van der Waals surface area contributed by atoms with E-state index in [4.69, 9.17) is 9.47 Å². The molecule has 16 heavy (non-hydrogen) atoms. The van der Waals surface area contributed by atoms with Crippen LogP contribution in [0.25, 0.3) is 0 Å². The number of methoxy groups -OCH3 is 1. The fourth-order valence-corrected chi connectivity index (χ4v) is 2.18. The lowest BCUT2D eigenvalue weighted by Crippen LogP contribution is -2.04. The first-order chi connectivity index (χ1) is 7.76. The second-order valence-corrected chi connectivity index (χ2v) is 4.69. The summed E-state index contributed by atoms with van der Waals surface area (Å²) in [6.45, 7) is 3.01. The predicted octanol–water partition coefficient (Wildman–Crippen LogP) is 3.89. The third-order valence-electron chi connectivity index (χ3n) is 2.52. The summed E-state index contributed by atoms with van der Waals surface area (Å²) in [6, 6.07) is 7.73. The molecule has 0 aliphatic heterocycles. The number of halogens is 1. The van der Waals surface area contributed by atoms with Crippen LogP contribution in [0, 0.1) is 5.92 Å². The lowest BCUT2D eigenvalue weighted by molar-refractivity contribution is 0.281. The third kappa shape index (κ3) is 4.88. The van der Waals surface area contributed by atoms with Crippen molar-refractivity contribution in [2.45, 2.75) is 19.8 Å². The highest BCUT2D eigenvalue weighted by Crippen LogP contribution is 2.19. The minimum Gasteiger partial charge on any atom is -0.497 e. The van der Waals surface area contributed by atoms with Gasteiger partial charge in [0, 0.05) is 11.4 Å². The number of benzene rings is 1. The van der Waals surface area contributed by atoms with Crippen LogP contribution in [0.3, 0.4) is 0 Å². The van der Waals surface area contributed by atoms with Crippen LogP contribution in [0.2, 0.25) is 0 Å². The Bertz CT molecular complexity index is 302. The summed E-state index contributed by atoms with van der Waals surface area (Å²) in [6.07, 6.45) is 2.28. The first-order valence-corrected chi connectivity index (χ1v) is 6.71. The largest absolute Gasteiger partial charge is 0.497 e. The normalized spacial score (nSPS) is 12.2. The Morgan fingerprint density at radius 1 is 1.25 bits per heavy atom. The van der Waals surface area contributed by atoms with E-state index in [-0.39, 0.29) is 0 Å². The van der Waals surface area contributed by atoms with E-state index in [1.807, 2.05) is 24.3 Å². The first kappa shape index (κ1) is 13.4. The molecule has 1 aromatic rings. The van der Waals surface area contributed by atoms with Gasteiger partial charge in [0.15, 0.2) is 0 Å². The standard InChI is InChI=1S/C13H19BrO2/c1-11(6-8-14)7-9-16-13-5-3-4-12(10-13)15-2/h3-5,10-11H,6-9H2,1-2H3. The van der Waals surface area contributed by atoms with Gasteiger partial charge < -0.3 is 9.47 Å². The molecule has 2 nitrogen and oxygen atoms in total. The van der Waals surface area contributed by atoms with Crippen molar-refractivity contribution in [3.05, 3.63) is 24.3 Å². The van der Waals surface area contributed by atoms with Crippen LogP contribution in [0.15, 0.2) is 24.3 Å². The highest BCUT2D eigenvalue weighted by atomic mass is 79.9. The highest BCUT2D eigenvalue weighted by Gasteiger charge is 2.02. The van der Waals surface area contributed by atoms with Gasteiger partial charge in [-0.1, -0.05) is 28.9 Å². The second kappa shape index (κ2) is 7.55. The molecule has 1 rings (SSSR count). The molecular formula is C13H19BrO2. The molecule has 1 unspecified atom stereocenters. The smallest absolute Gasteiger partial charge is 0.122 e. The zero-order valence-electron chi connectivity index (χ0n) is 9.91. The SMILES string of the molecule is COc1cccc(OCCC(C)CCBr)c1. The number of ether oxygens (including phenoxy) is 2. The summed E-state index contributed by atoms with van der Waals surface area (Å²) in [5, 5.41) is 1.06. The molecule has 0 aliphatic rings. The Balaban J connectivity index is 2.31. The van der Waals surface area contributed by atoms with Crippen LogP contribution in [-0.2, 0) is 0 Å². The van der Waals surface area contributed by atoms with E-state index in [2.05, 4.69) is 22.9 Å². The van der Waals surface area contributed by atoms with Gasteiger partial charge in [-0.25, -0.2) is 0 Å². The predicted molar refractivity (Wildman–Crippen MR) is 70.7 cm³/mol. The summed E-state index contributed by atoms with van der Waals surface area (Å²) < 4.78 is 10.8. The van der Waals surface area contributed by atoms with Crippen molar-refractivity contribution in [2.24, 2.45) is 5.92 Å². The van der Waals surface area contributed by atoms with Crippen LogP contribution in [0.5, 0.6) is 11.5 Å². The molecule has 0 bridgehead atoms. The molecular weight excluding hydrogens is 268 g/mol. The molecule has 90 valence electrons. The van der Waals surface area contributed by atoms with Gasteiger partial charge in [0.05, 0.1) is 13.7 Å². The molecule has 0 spiro atoms. The number of hydrogen-bond acceptors (Lipinski definition) is 2. The van der Waals surface area contributed by atoms with E-state index in [1.54, 1.807) is 7.11 Å². The first-order valence-electron chi connectivity index (χ1n) is 5.59. The molecule has 0 saturated heterocycles. The number of alkyl halides is 1. The van der Waals surface area contributed by atoms with Crippen molar-refractivity contribution < 1.29 is 9.47 Å². The summed E-state index contributed by atoms with van der Waals surface area (Å²) in [5.74, 6) is 2.42. The van der Waals surface area contributed by atoms with Crippen LogP contribution in [0.1, 0.15) is 19.8 Å². The van der Waals surface area contributed by atoms with Crippen molar-refractivity contribution in [2.75, 3.05) is 19.0 Å².